The van der Waals surface area contributed by atoms with E-state index in [4.69, 9.17) is 5.73 Å². The molecule has 4 rings (SSSR count). The Hall–Kier alpha value is -3.58. The second-order valence-corrected chi connectivity index (χ2v) is 5.70. The van der Waals surface area contributed by atoms with E-state index in [-0.39, 0.29) is 12.5 Å². The van der Waals surface area contributed by atoms with Crippen molar-refractivity contribution in [3.05, 3.63) is 72.3 Å². The van der Waals surface area contributed by atoms with Crippen LogP contribution in [-0.2, 0) is 6.54 Å². The highest BCUT2D eigenvalue weighted by molar-refractivity contribution is 6.09. The summed E-state index contributed by atoms with van der Waals surface area (Å²) in [6.07, 6.45) is 6.79. The minimum absolute atomic E-state index is 0.223. The fourth-order valence-electron chi connectivity index (χ4n) is 2.83. The monoisotopic (exact) mass is 344 g/mol. The standard InChI is InChI=1S/C19H16N6O/c20-11-13-10-12(17-21-6-1-7-22-17)2-3-14(13)19(26)25-16-5-9-24-18-15(16)4-8-23-18/h1-10H,11,20H2,(H2,23,24,25,26). The number of aromatic amines is 1. The number of carbonyl (C=O) groups excluding carboxylic acids is 1. The molecule has 7 nitrogen and oxygen atoms in total. The normalized spacial score (nSPS) is 10.8. The molecule has 128 valence electrons. The Morgan fingerprint density at radius 1 is 1.08 bits per heavy atom. The molecule has 0 fully saturated rings. The average Bonchev–Trinajstić information content (AvgIpc) is 3.18. The topological polar surface area (TPSA) is 110 Å². The maximum Gasteiger partial charge on any atom is 0.256 e. The van der Waals surface area contributed by atoms with Gasteiger partial charge in [-0.2, -0.15) is 0 Å². The van der Waals surface area contributed by atoms with Crippen molar-refractivity contribution in [2.75, 3.05) is 5.32 Å². The lowest BCUT2D eigenvalue weighted by Gasteiger charge is -2.11. The summed E-state index contributed by atoms with van der Waals surface area (Å²) >= 11 is 0. The van der Waals surface area contributed by atoms with Crippen molar-refractivity contribution in [3.8, 4) is 11.4 Å². The summed E-state index contributed by atoms with van der Waals surface area (Å²) in [5.74, 6) is 0.372. The van der Waals surface area contributed by atoms with Gasteiger partial charge in [-0.05, 0) is 35.9 Å². The largest absolute Gasteiger partial charge is 0.346 e. The lowest BCUT2D eigenvalue weighted by molar-refractivity contribution is 0.102. The highest BCUT2D eigenvalue weighted by Crippen LogP contribution is 2.23. The van der Waals surface area contributed by atoms with E-state index >= 15 is 0 Å². The van der Waals surface area contributed by atoms with E-state index in [1.807, 2.05) is 18.2 Å². The molecule has 26 heavy (non-hydrogen) atoms. The molecule has 0 unspecified atom stereocenters. The number of amides is 1. The van der Waals surface area contributed by atoms with Crippen molar-refractivity contribution >= 4 is 22.6 Å². The predicted octanol–water partition coefficient (Wildman–Crippen LogP) is 2.73. The van der Waals surface area contributed by atoms with Crippen molar-refractivity contribution < 1.29 is 4.79 Å². The van der Waals surface area contributed by atoms with Crippen LogP contribution in [0.25, 0.3) is 22.4 Å². The van der Waals surface area contributed by atoms with Crippen LogP contribution in [0.2, 0.25) is 0 Å². The van der Waals surface area contributed by atoms with Crippen LogP contribution in [-0.4, -0.2) is 25.8 Å². The van der Waals surface area contributed by atoms with Crippen LogP contribution in [0.5, 0.6) is 0 Å². The quantitative estimate of drug-likeness (QED) is 0.527. The molecular formula is C19H16N6O. The van der Waals surface area contributed by atoms with Crippen molar-refractivity contribution in [1.82, 2.24) is 19.9 Å². The van der Waals surface area contributed by atoms with Gasteiger partial charge in [0.05, 0.1) is 5.69 Å². The molecule has 7 heteroatoms. The first-order valence-electron chi connectivity index (χ1n) is 8.10. The number of H-pyrrole nitrogens is 1. The van der Waals surface area contributed by atoms with Gasteiger partial charge in [-0.1, -0.05) is 6.07 Å². The van der Waals surface area contributed by atoms with Gasteiger partial charge in [0, 0.05) is 47.8 Å². The molecule has 0 aliphatic heterocycles. The number of carbonyl (C=O) groups is 1. The summed E-state index contributed by atoms with van der Waals surface area (Å²) < 4.78 is 0. The number of rotatable bonds is 4. The predicted molar refractivity (Wildman–Crippen MR) is 99.4 cm³/mol. The van der Waals surface area contributed by atoms with Gasteiger partial charge in [-0.3, -0.25) is 4.79 Å². The summed E-state index contributed by atoms with van der Waals surface area (Å²) in [6.45, 7) is 0.235. The molecule has 4 aromatic rings. The number of fused-ring (bicyclic) bond motifs is 1. The molecule has 3 heterocycles. The number of pyridine rings is 1. The van der Waals surface area contributed by atoms with Crippen LogP contribution in [0, 0.1) is 0 Å². The molecule has 0 saturated heterocycles. The SMILES string of the molecule is NCc1cc(-c2ncccn2)ccc1C(=O)Nc1ccnc2[nH]ccc12. The minimum Gasteiger partial charge on any atom is -0.346 e. The molecule has 1 aromatic carbocycles. The van der Waals surface area contributed by atoms with Gasteiger partial charge in [0.15, 0.2) is 5.82 Å². The van der Waals surface area contributed by atoms with Crippen LogP contribution >= 0.6 is 0 Å². The number of nitrogens with two attached hydrogens (primary N) is 1. The third-order valence-electron chi connectivity index (χ3n) is 4.10. The number of nitrogens with one attached hydrogen (secondary N) is 2. The second kappa shape index (κ2) is 6.73. The van der Waals surface area contributed by atoms with Crippen molar-refractivity contribution in [3.63, 3.8) is 0 Å². The number of hydrogen-bond acceptors (Lipinski definition) is 5. The zero-order valence-corrected chi connectivity index (χ0v) is 13.8. The zero-order chi connectivity index (χ0) is 17.9. The van der Waals surface area contributed by atoms with Crippen LogP contribution in [0.1, 0.15) is 15.9 Å². The summed E-state index contributed by atoms with van der Waals surface area (Å²) in [7, 11) is 0. The first-order valence-corrected chi connectivity index (χ1v) is 8.10. The van der Waals surface area contributed by atoms with Gasteiger partial charge in [0.25, 0.3) is 5.91 Å². The fraction of sp³-hybridized carbons (Fsp3) is 0.0526. The molecule has 4 N–H and O–H groups in total. The van der Waals surface area contributed by atoms with E-state index in [1.165, 1.54) is 0 Å². The van der Waals surface area contributed by atoms with Crippen LogP contribution in [0.15, 0.2) is 61.2 Å². The van der Waals surface area contributed by atoms with Crippen molar-refractivity contribution in [1.29, 1.82) is 0 Å². The number of aromatic nitrogens is 4. The third kappa shape index (κ3) is 2.91. The van der Waals surface area contributed by atoms with Crippen molar-refractivity contribution in [2.45, 2.75) is 6.54 Å². The molecule has 0 saturated carbocycles. The Balaban J connectivity index is 1.66. The molecule has 0 aliphatic rings. The van der Waals surface area contributed by atoms with Gasteiger partial charge in [0.1, 0.15) is 5.65 Å². The highest BCUT2D eigenvalue weighted by Gasteiger charge is 2.14. The third-order valence-corrected chi connectivity index (χ3v) is 4.10. The molecule has 0 atom stereocenters. The maximum atomic E-state index is 12.8. The summed E-state index contributed by atoms with van der Waals surface area (Å²) in [5, 5.41) is 3.79. The zero-order valence-electron chi connectivity index (χ0n) is 13.8. The van der Waals surface area contributed by atoms with Gasteiger partial charge in [-0.25, -0.2) is 15.0 Å². The Morgan fingerprint density at radius 3 is 2.73 bits per heavy atom. The Bertz CT molecular complexity index is 1070. The molecule has 0 radical (unpaired) electrons. The van der Waals surface area contributed by atoms with Gasteiger partial charge < -0.3 is 16.0 Å². The summed E-state index contributed by atoms with van der Waals surface area (Å²) in [6, 6.07) is 10.8. The van der Waals surface area contributed by atoms with E-state index in [0.29, 0.717) is 17.1 Å². The molecule has 3 aromatic heterocycles. The first-order chi connectivity index (χ1) is 12.8. The van der Waals surface area contributed by atoms with E-state index in [1.54, 1.807) is 43.0 Å². The summed E-state index contributed by atoms with van der Waals surface area (Å²) in [5.41, 5.74) is 9.35. The van der Waals surface area contributed by atoms with E-state index in [0.717, 1.165) is 22.2 Å². The summed E-state index contributed by atoms with van der Waals surface area (Å²) in [4.78, 5) is 28.5. The van der Waals surface area contributed by atoms with E-state index in [2.05, 4.69) is 25.3 Å². The Labute approximate surface area is 149 Å². The number of benzene rings is 1. The fourth-order valence-corrected chi connectivity index (χ4v) is 2.83. The lowest BCUT2D eigenvalue weighted by Crippen LogP contribution is -2.16. The number of anilines is 1. The van der Waals surface area contributed by atoms with E-state index in [9.17, 15) is 4.79 Å². The van der Waals surface area contributed by atoms with E-state index < -0.39 is 0 Å². The first kappa shape index (κ1) is 15.9. The smallest absolute Gasteiger partial charge is 0.256 e. The minimum atomic E-state index is -0.223. The second-order valence-electron chi connectivity index (χ2n) is 5.70. The van der Waals surface area contributed by atoms with Crippen molar-refractivity contribution in [2.24, 2.45) is 5.73 Å². The number of nitrogens with zero attached hydrogens (tertiary/aromatic N) is 3. The van der Waals surface area contributed by atoms with Crippen LogP contribution < -0.4 is 11.1 Å². The molecular weight excluding hydrogens is 328 g/mol. The van der Waals surface area contributed by atoms with Gasteiger partial charge >= 0.3 is 0 Å². The maximum absolute atomic E-state index is 12.8. The molecule has 0 spiro atoms. The molecule has 0 bridgehead atoms. The average molecular weight is 344 g/mol. The highest BCUT2D eigenvalue weighted by atomic mass is 16.1. The molecule has 1 amide bonds. The Morgan fingerprint density at radius 2 is 1.92 bits per heavy atom. The van der Waals surface area contributed by atoms with Crippen LogP contribution in [0.4, 0.5) is 5.69 Å². The number of hydrogen-bond donors (Lipinski definition) is 3. The van der Waals surface area contributed by atoms with Gasteiger partial charge in [-0.15, -0.1) is 0 Å². The molecule has 0 aliphatic carbocycles. The lowest BCUT2D eigenvalue weighted by atomic mass is 10.0. The Kier molecular flexibility index (Phi) is 4.12. The van der Waals surface area contributed by atoms with Gasteiger partial charge in [0.2, 0.25) is 0 Å². The van der Waals surface area contributed by atoms with Crippen LogP contribution in [0.3, 0.4) is 0 Å².